The minimum absolute atomic E-state index is 0.211. The first-order valence-electron chi connectivity index (χ1n) is 6.60. The Bertz CT molecular complexity index is 388. The molecule has 1 aromatic carbocycles. The zero-order chi connectivity index (χ0) is 13.0. The Balaban J connectivity index is 1.79. The molecule has 1 aliphatic rings. The third-order valence-corrected chi connectivity index (χ3v) is 3.81. The second-order valence-electron chi connectivity index (χ2n) is 5.50. The van der Waals surface area contributed by atoms with Gasteiger partial charge in [0.1, 0.15) is 5.75 Å². The van der Waals surface area contributed by atoms with Crippen LogP contribution in [0.15, 0.2) is 24.3 Å². The van der Waals surface area contributed by atoms with Gasteiger partial charge in [-0.05, 0) is 44.0 Å². The molecule has 18 heavy (non-hydrogen) atoms. The fourth-order valence-corrected chi connectivity index (χ4v) is 2.34. The summed E-state index contributed by atoms with van der Waals surface area (Å²) in [5.41, 5.74) is 1.51. The predicted molar refractivity (Wildman–Crippen MR) is 72.9 cm³/mol. The van der Waals surface area contributed by atoms with Crippen LogP contribution in [0.4, 0.5) is 0 Å². The summed E-state index contributed by atoms with van der Waals surface area (Å²) in [5, 5.41) is 9.32. The van der Waals surface area contributed by atoms with Crippen LogP contribution in [0.1, 0.15) is 18.4 Å². The van der Waals surface area contributed by atoms with Gasteiger partial charge in [-0.25, -0.2) is 0 Å². The molecule has 100 valence electrons. The van der Waals surface area contributed by atoms with Gasteiger partial charge >= 0.3 is 0 Å². The average molecular weight is 249 g/mol. The highest BCUT2D eigenvalue weighted by atomic mass is 16.5. The van der Waals surface area contributed by atoms with Gasteiger partial charge in [0.2, 0.25) is 0 Å². The molecular formula is C15H23NO2. The van der Waals surface area contributed by atoms with E-state index in [1.807, 2.05) is 12.1 Å². The summed E-state index contributed by atoms with van der Waals surface area (Å²) in [6.45, 7) is 2.36. The van der Waals surface area contributed by atoms with Crippen LogP contribution in [0.5, 0.6) is 5.75 Å². The van der Waals surface area contributed by atoms with Crippen LogP contribution < -0.4 is 4.74 Å². The van der Waals surface area contributed by atoms with E-state index in [2.05, 4.69) is 24.1 Å². The van der Waals surface area contributed by atoms with Crippen molar-refractivity contribution >= 4 is 0 Å². The number of nitrogens with zero attached hydrogens (tertiary/aromatic N) is 1. The number of likely N-dealkylation sites (N-methyl/N-ethyl adjacent to an activating group) is 1. The zero-order valence-electron chi connectivity index (χ0n) is 11.4. The van der Waals surface area contributed by atoms with Crippen molar-refractivity contribution in [2.24, 2.45) is 5.41 Å². The van der Waals surface area contributed by atoms with Crippen molar-refractivity contribution in [1.82, 2.24) is 4.90 Å². The van der Waals surface area contributed by atoms with E-state index in [0.29, 0.717) is 6.61 Å². The minimum Gasteiger partial charge on any atom is -0.497 e. The summed E-state index contributed by atoms with van der Waals surface area (Å²) in [4.78, 5) is 2.32. The summed E-state index contributed by atoms with van der Waals surface area (Å²) in [6.07, 6.45) is 3.37. The van der Waals surface area contributed by atoms with Crippen molar-refractivity contribution in [2.45, 2.75) is 19.3 Å². The molecular weight excluding hydrogens is 226 g/mol. The Labute approximate surface area is 109 Å². The molecule has 0 unspecified atom stereocenters. The first kappa shape index (κ1) is 13.4. The first-order chi connectivity index (χ1) is 8.67. The Morgan fingerprint density at radius 2 is 2.17 bits per heavy atom. The smallest absolute Gasteiger partial charge is 0.119 e. The SMILES string of the molecule is COc1cccc(CCN(C)CC2(CO)CC2)c1. The van der Waals surface area contributed by atoms with E-state index < -0.39 is 0 Å². The van der Waals surface area contributed by atoms with Crippen molar-refractivity contribution in [3.63, 3.8) is 0 Å². The molecule has 0 bridgehead atoms. The van der Waals surface area contributed by atoms with Gasteiger partial charge < -0.3 is 14.7 Å². The Morgan fingerprint density at radius 1 is 1.39 bits per heavy atom. The van der Waals surface area contributed by atoms with E-state index in [4.69, 9.17) is 4.74 Å². The maximum Gasteiger partial charge on any atom is 0.119 e. The van der Waals surface area contributed by atoms with Crippen LogP contribution in [0.3, 0.4) is 0 Å². The number of aliphatic hydroxyl groups excluding tert-OH is 1. The number of ether oxygens (including phenoxy) is 1. The molecule has 1 aliphatic carbocycles. The third-order valence-electron chi connectivity index (χ3n) is 3.81. The second kappa shape index (κ2) is 5.72. The highest BCUT2D eigenvalue weighted by molar-refractivity contribution is 5.28. The second-order valence-corrected chi connectivity index (χ2v) is 5.50. The summed E-state index contributed by atoms with van der Waals surface area (Å²) in [7, 11) is 3.83. The summed E-state index contributed by atoms with van der Waals surface area (Å²) >= 11 is 0. The molecule has 0 amide bonds. The quantitative estimate of drug-likeness (QED) is 0.801. The fraction of sp³-hybridized carbons (Fsp3) is 0.600. The van der Waals surface area contributed by atoms with E-state index in [1.54, 1.807) is 7.11 Å². The van der Waals surface area contributed by atoms with Crippen LogP contribution in [-0.2, 0) is 6.42 Å². The van der Waals surface area contributed by atoms with Crippen molar-refractivity contribution in [2.75, 3.05) is 33.9 Å². The van der Waals surface area contributed by atoms with Crippen LogP contribution in [-0.4, -0.2) is 43.9 Å². The number of rotatable bonds is 7. The maximum absolute atomic E-state index is 9.32. The summed E-state index contributed by atoms with van der Waals surface area (Å²) in [5.74, 6) is 0.921. The molecule has 0 aromatic heterocycles. The van der Waals surface area contributed by atoms with Crippen molar-refractivity contribution in [3.05, 3.63) is 29.8 Å². The van der Waals surface area contributed by atoms with Crippen molar-refractivity contribution in [1.29, 1.82) is 0 Å². The monoisotopic (exact) mass is 249 g/mol. The number of benzene rings is 1. The van der Waals surface area contributed by atoms with E-state index in [-0.39, 0.29) is 5.41 Å². The molecule has 1 saturated carbocycles. The molecule has 3 nitrogen and oxygen atoms in total. The lowest BCUT2D eigenvalue weighted by atomic mass is 10.1. The van der Waals surface area contributed by atoms with Crippen LogP contribution in [0.25, 0.3) is 0 Å². The first-order valence-corrected chi connectivity index (χ1v) is 6.60. The molecule has 2 rings (SSSR count). The Kier molecular flexibility index (Phi) is 4.25. The molecule has 0 saturated heterocycles. The number of methoxy groups -OCH3 is 1. The topological polar surface area (TPSA) is 32.7 Å². The summed E-state index contributed by atoms with van der Waals surface area (Å²) in [6, 6.07) is 8.23. The van der Waals surface area contributed by atoms with E-state index >= 15 is 0 Å². The van der Waals surface area contributed by atoms with Gasteiger partial charge in [-0.1, -0.05) is 12.1 Å². The summed E-state index contributed by atoms with van der Waals surface area (Å²) < 4.78 is 5.22. The molecule has 1 aromatic rings. The van der Waals surface area contributed by atoms with Gasteiger partial charge in [-0.2, -0.15) is 0 Å². The van der Waals surface area contributed by atoms with Gasteiger partial charge in [-0.3, -0.25) is 0 Å². The normalized spacial score (nSPS) is 16.9. The molecule has 0 atom stereocenters. The molecule has 3 heteroatoms. The lowest BCUT2D eigenvalue weighted by Crippen LogP contribution is -2.30. The van der Waals surface area contributed by atoms with Crippen molar-refractivity contribution < 1.29 is 9.84 Å². The van der Waals surface area contributed by atoms with Gasteiger partial charge in [0.05, 0.1) is 7.11 Å². The van der Waals surface area contributed by atoms with Crippen LogP contribution in [0.2, 0.25) is 0 Å². The van der Waals surface area contributed by atoms with Crippen molar-refractivity contribution in [3.8, 4) is 5.75 Å². The highest BCUT2D eigenvalue weighted by Gasteiger charge is 2.42. The van der Waals surface area contributed by atoms with E-state index in [1.165, 1.54) is 18.4 Å². The van der Waals surface area contributed by atoms with Crippen LogP contribution >= 0.6 is 0 Å². The van der Waals surface area contributed by atoms with Gasteiger partial charge in [-0.15, -0.1) is 0 Å². The third kappa shape index (κ3) is 3.47. The molecule has 0 spiro atoms. The molecule has 0 radical (unpaired) electrons. The molecule has 1 fully saturated rings. The highest BCUT2D eigenvalue weighted by Crippen LogP contribution is 2.45. The standard InChI is InChI=1S/C15H23NO2/c1-16(11-15(12-17)7-8-15)9-6-13-4-3-5-14(10-13)18-2/h3-5,10,17H,6-9,11-12H2,1-2H3. The molecule has 1 N–H and O–H groups in total. The van der Waals surface area contributed by atoms with Crippen LogP contribution in [0, 0.1) is 5.41 Å². The number of hydrogen-bond acceptors (Lipinski definition) is 3. The Hall–Kier alpha value is -1.06. The largest absolute Gasteiger partial charge is 0.497 e. The predicted octanol–water partition coefficient (Wildman–Crippen LogP) is 1.94. The van der Waals surface area contributed by atoms with Gasteiger partial charge in [0, 0.05) is 25.1 Å². The molecule has 0 heterocycles. The average Bonchev–Trinajstić information content (AvgIpc) is 3.17. The van der Waals surface area contributed by atoms with E-state index in [0.717, 1.165) is 25.3 Å². The lowest BCUT2D eigenvalue weighted by molar-refractivity contribution is 0.165. The minimum atomic E-state index is 0.211. The number of hydrogen-bond donors (Lipinski definition) is 1. The maximum atomic E-state index is 9.32. The van der Waals surface area contributed by atoms with E-state index in [9.17, 15) is 5.11 Å². The van der Waals surface area contributed by atoms with Gasteiger partial charge in [0.25, 0.3) is 0 Å². The number of aliphatic hydroxyl groups is 1. The lowest BCUT2D eigenvalue weighted by Gasteiger charge is -2.22. The zero-order valence-corrected chi connectivity index (χ0v) is 11.4. The Morgan fingerprint density at radius 3 is 2.78 bits per heavy atom. The fourth-order valence-electron chi connectivity index (χ4n) is 2.34. The molecule has 0 aliphatic heterocycles. The van der Waals surface area contributed by atoms with Gasteiger partial charge in [0.15, 0.2) is 0 Å².